The van der Waals surface area contributed by atoms with Crippen molar-refractivity contribution in [1.82, 2.24) is 13.9 Å². The monoisotopic (exact) mass is 387 g/mol. The second-order valence-corrected chi connectivity index (χ2v) is 9.81. The van der Waals surface area contributed by atoms with Crippen molar-refractivity contribution in [2.45, 2.75) is 38.3 Å². The Morgan fingerprint density at radius 1 is 1.28 bits per heavy atom. The van der Waals surface area contributed by atoms with Gasteiger partial charge in [-0.2, -0.15) is 17.4 Å². The van der Waals surface area contributed by atoms with Crippen molar-refractivity contribution in [1.29, 1.82) is 0 Å². The van der Waals surface area contributed by atoms with Crippen LogP contribution < -0.4 is 4.72 Å². The lowest BCUT2D eigenvalue weighted by Gasteiger charge is -2.35. The summed E-state index contributed by atoms with van der Waals surface area (Å²) in [4.78, 5) is 3.69. The molecule has 0 radical (unpaired) electrons. The van der Waals surface area contributed by atoms with Crippen molar-refractivity contribution >= 4 is 21.5 Å². The Kier molecular flexibility index (Phi) is 6.87. The third-order valence-electron chi connectivity index (χ3n) is 5.10. The molecule has 1 aromatic rings. The summed E-state index contributed by atoms with van der Waals surface area (Å²) in [5, 5.41) is 2.09. The van der Waals surface area contributed by atoms with Gasteiger partial charge in [-0.25, -0.2) is 0 Å². The molecule has 1 aromatic heterocycles. The van der Waals surface area contributed by atoms with E-state index in [4.69, 9.17) is 4.74 Å². The minimum absolute atomic E-state index is 0.00964. The number of nitrogens with zero attached hydrogens (tertiary/aromatic N) is 2. The molecule has 0 aromatic carbocycles. The number of hydrogen-bond donors (Lipinski definition) is 1. The van der Waals surface area contributed by atoms with Crippen LogP contribution in [0.25, 0.3) is 0 Å². The van der Waals surface area contributed by atoms with Gasteiger partial charge in [-0.3, -0.25) is 4.90 Å². The van der Waals surface area contributed by atoms with Gasteiger partial charge in [0.1, 0.15) is 0 Å². The van der Waals surface area contributed by atoms with E-state index >= 15 is 0 Å². The zero-order valence-corrected chi connectivity index (χ0v) is 16.5. The standard InChI is InChI=1S/C17H29N3O3S2/c1-23-14-15-6-9-20(10-7-15)25(21,22)18-16-4-2-8-19(12-16)13-17-5-3-11-24-17/h3,5,11,15-16,18H,2,4,6-10,12-14H2,1H3. The molecule has 3 heterocycles. The maximum absolute atomic E-state index is 12.7. The zero-order chi connectivity index (χ0) is 17.7. The first-order valence-electron chi connectivity index (χ1n) is 9.08. The average molecular weight is 388 g/mol. The van der Waals surface area contributed by atoms with Gasteiger partial charge in [0.15, 0.2) is 0 Å². The van der Waals surface area contributed by atoms with Gasteiger partial charge in [0.25, 0.3) is 10.2 Å². The first-order valence-corrected chi connectivity index (χ1v) is 11.4. The van der Waals surface area contributed by atoms with E-state index in [9.17, 15) is 8.42 Å². The fourth-order valence-corrected chi connectivity index (χ4v) is 5.96. The molecule has 0 aliphatic carbocycles. The fraction of sp³-hybridized carbons (Fsp3) is 0.765. The smallest absolute Gasteiger partial charge is 0.279 e. The number of hydrogen-bond acceptors (Lipinski definition) is 5. The molecular formula is C17H29N3O3S2. The van der Waals surface area contributed by atoms with Crippen LogP contribution in [0.3, 0.4) is 0 Å². The van der Waals surface area contributed by atoms with E-state index in [0.29, 0.717) is 19.0 Å². The molecule has 8 heteroatoms. The quantitative estimate of drug-likeness (QED) is 0.776. The number of rotatable bonds is 7. The molecule has 0 amide bonds. The summed E-state index contributed by atoms with van der Waals surface area (Å²) >= 11 is 1.76. The minimum Gasteiger partial charge on any atom is -0.384 e. The zero-order valence-electron chi connectivity index (χ0n) is 14.9. The Hall–Kier alpha value is -0.510. The molecule has 2 aliphatic heterocycles. The Bertz CT molecular complexity index is 613. The van der Waals surface area contributed by atoms with Crippen LogP contribution in [0.4, 0.5) is 0 Å². The van der Waals surface area contributed by atoms with Crippen molar-refractivity contribution in [2.24, 2.45) is 5.92 Å². The highest BCUT2D eigenvalue weighted by Crippen LogP contribution is 2.21. The molecule has 0 spiro atoms. The van der Waals surface area contributed by atoms with Crippen molar-refractivity contribution in [2.75, 3.05) is 39.9 Å². The van der Waals surface area contributed by atoms with Gasteiger partial charge in [0, 0.05) is 50.8 Å². The highest BCUT2D eigenvalue weighted by atomic mass is 32.2. The predicted molar refractivity (Wildman–Crippen MR) is 101 cm³/mol. The van der Waals surface area contributed by atoms with Crippen LogP contribution >= 0.6 is 11.3 Å². The summed E-state index contributed by atoms with van der Waals surface area (Å²) in [7, 11) is -1.68. The SMILES string of the molecule is COCC1CCN(S(=O)(=O)NC2CCCN(Cc3cccs3)C2)CC1. The molecule has 1 N–H and O–H groups in total. The summed E-state index contributed by atoms with van der Waals surface area (Å²) in [5.74, 6) is 0.479. The first-order chi connectivity index (χ1) is 12.1. The van der Waals surface area contributed by atoms with E-state index in [2.05, 4.69) is 27.1 Å². The van der Waals surface area contributed by atoms with Crippen molar-refractivity contribution in [3.8, 4) is 0 Å². The Balaban J connectivity index is 1.50. The average Bonchev–Trinajstić information content (AvgIpc) is 3.08. The van der Waals surface area contributed by atoms with Crippen molar-refractivity contribution in [3.05, 3.63) is 22.4 Å². The summed E-state index contributed by atoms with van der Waals surface area (Å²) in [6.07, 6.45) is 3.71. The van der Waals surface area contributed by atoms with E-state index in [1.54, 1.807) is 22.8 Å². The molecular weight excluding hydrogens is 358 g/mol. The third-order valence-corrected chi connectivity index (χ3v) is 7.63. The Morgan fingerprint density at radius 2 is 2.08 bits per heavy atom. The topological polar surface area (TPSA) is 61.9 Å². The summed E-state index contributed by atoms with van der Waals surface area (Å²) in [5.41, 5.74) is 0. The van der Waals surface area contributed by atoms with Crippen LogP contribution in [0.1, 0.15) is 30.6 Å². The highest BCUT2D eigenvalue weighted by molar-refractivity contribution is 7.87. The molecule has 2 fully saturated rings. The van der Waals surface area contributed by atoms with E-state index < -0.39 is 10.2 Å². The van der Waals surface area contributed by atoms with Gasteiger partial charge in [-0.05, 0) is 49.6 Å². The van der Waals surface area contributed by atoms with E-state index in [1.807, 2.05) is 0 Å². The van der Waals surface area contributed by atoms with E-state index in [-0.39, 0.29) is 6.04 Å². The molecule has 3 rings (SSSR count). The van der Waals surface area contributed by atoms with Gasteiger partial charge in [0.05, 0.1) is 0 Å². The predicted octanol–water partition coefficient (Wildman–Crippen LogP) is 1.91. The number of nitrogens with one attached hydrogen (secondary N) is 1. The van der Waals surface area contributed by atoms with Gasteiger partial charge < -0.3 is 4.74 Å². The van der Waals surface area contributed by atoms with E-state index in [0.717, 1.165) is 51.9 Å². The van der Waals surface area contributed by atoms with Crippen LogP contribution in [0.2, 0.25) is 0 Å². The van der Waals surface area contributed by atoms with Crippen LogP contribution in [0.15, 0.2) is 17.5 Å². The van der Waals surface area contributed by atoms with Gasteiger partial charge in [-0.1, -0.05) is 6.07 Å². The van der Waals surface area contributed by atoms with E-state index in [1.165, 1.54) is 4.88 Å². The molecule has 0 bridgehead atoms. The number of methoxy groups -OCH3 is 1. The molecule has 6 nitrogen and oxygen atoms in total. The first kappa shape index (κ1) is 19.3. The summed E-state index contributed by atoms with van der Waals surface area (Å²) < 4.78 is 35.2. The summed E-state index contributed by atoms with van der Waals surface area (Å²) in [6, 6.07) is 4.22. The van der Waals surface area contributed by atoms with Crippen molar-refractivity contribution in [3.63, 3.8) is 0 Å². The molecule has 2 saturated heterocycles. The fourth-order valence-electron chi connectivity index (χ4n) is 3.76. The largest absolute Gasteiger partial charge is 0.384 e. The number of ether oxygens (including phenoxy) is 1. The van der Waals surface area contributed by atoms with Crippen LogP contribution in [0, 0.1) is 5.92 Å². The van der Waals surface area contributed by atoms with Crippen molar-refractivity contribution < 1.29 is 13.2 Å². The maximum atomic E-state index is 12.7. The molecule has 142 valence electrons. The number of piperidine rings is 2. The number of thiophene rings is 1. The second kappa shape index (κ2) is 8.92. The summed E-state index contributed by atoms with van der Waals surface area (Å²) in [6.45, 7) is 4.65. The lowest BCUT2D eigenvalue weighted by Crippen LogP contribution is -2.53. The van der Waals surface area contributed by atoms with Crippen LogP contribution in [0.5, 0.6) is 0 Å². The lowest BCUT2D eigenvalue weighted by atomic mass is 9.99. The normalized spacial score (nSPS) is 24.6. The molecule has 1 atom stereocenters. The lowest BCUT2D eigenvalue weighted by molar-refractivity contribution is 0.120. The third kappa shape index (κ3) is 5.48. The minimum atomic E-state index is -3.39. The van der Waals surface area contributed by atoms with Crippen LogP contribution in [-0.4, -0.2) is 63.6 Å². The van der Waals surface area contributed by atoms with Gasteiger partial charge in [0.2, 0.25) is 0 Å². The van der Waals surface area contributed by atoms with Gasteiger partial charge in [-0.15, -0.1) is 11.3 Å². The number of likely N-dealkylation sites (tertiary alicyclic amines) is 1. The van der Waals surface area contributed by atoms with Gasteiger partial charge >= 0.3 is 0 Å². The molecule has 1 unspecified atom stereocenters. The molecule has 25 heavy (non-hydrogen) atoms. The molecule has 0 saturated carbocycles. The Morgan fingerprint density at radius 3 is 2.76 bits per heavy atom. The Labute approximate surface area is 155 Å². The maximum Gasteiger partial charge on any atom is 0.279 e. The highest BCUT2D eigenvalue weighted by Gasteiger charge is 2.31. The molecule has 2 aliphatic rings. The second-order valence-electron chi connectivity index (χ2n) is 7.07. The van der Waals surface area contributed by atoms with Crippen LogP contribution in [-0.2, 0) is 21.5 Å².